The lowest BCUT2D eigenvalue weighted by Gasteiger charge is -2.35. The van der Waals surface area contributed by atoms with E-state index in [1.54, 1.807) is 30.5 Å². The topological polar surface area (TPSA) is 75.6 Å². The van der Waals surface area contributed by atoms with Crippen molar-refractivity contribution in [2.75, 3.05) is 37.7 Å². The molecule has 0 spiro atoms. The van der Waals surface area contributed by atoms with Crippen molar-refractivity contribution in [2.45, 2.75) is 31.6 Å². The van der Waals surface area contributed by atoms with Crippen LogP contribution in [-0.4, -0.2) is 55.5 Å². The maximum atomic E-state index is 12.9. The zero-order valence-electron chi connectivity index (χ0n) is 15.8. The second kappa shape index (κ2) is 8.67. The monoisotopic (exact) mass is 390 g/mol. The Hall–Kier alpha value is -2.19. The van der Waals surface area contributed by atoms with E-state index in [0.29, 0.717) is 43.4 Å². The van der Waals surface area contributed by atoms with E-state index in [1.807, 2.05) is 6.92 Å². The van der Waals surface area contributed by atoms with Gasteiger partial charge in [0.2, 0.25) is 10.0 Å². The molecule has 27 heavy (non-hydrogen) atoms. The third-order valence-corrected chi connectivity index (χ3v) is 6.55. The Morgan fingerprint density at radius 1 is 1.11 bits per heavy atom. The molecular formula is C19H26N4O3S. The van der Waals surface area contributed by atoms with Gasteiger partial charge in [-0.3, -0.25) is 0 Å². The third-order valence-electron chi connectivity index (χ3n) is 4.63. The summed E-state index contributed by atoms with van der Waals surface area (Å²) in [5.74, 6) is 1.57. The number of rotatable bonds is 7. The molecule has 1 saturated heterocycles. The van der Waals surface area contributed by atoms with E-state index < -0.39 is 10.0 Å². The highest BCUT2D eigenvalue weighted by atomic mass is 32.2. The third kappa shape index (κ3) is 4.56. The van der Waals surface area contributed by atoms with E-state index in [-0.39, 0.29) is 0 Å². The number of aryl methyl sites for hydroxylation is 1. The molecule has 0 aliphatic carbocycles. The van der Waals surface area contributed by atoms with Crippen LogP contribution in [0.25, 0.3) is 0 Å². The average Bonchev–Trinajstić information content (AvgIpc) is 2.69. The molecule has 0 atom stereocenters. The molecule has 0 amide bonds. The van der Waals surface area contributed by atoms with Crippen LogP contribution >= 0.6 is 0 Å². The summed E-state index contributed by atoms with van der Waals surface area (Å²) in [5.41, 5.74) is 0.993. The fourth-order valence-corrected chi connectivity index (χ4v) is 4.48. The molecule has 1 aromatic heterocycles. The molecule has 8 heteroatoms. The first kappa shape index (κ1) is 19.6. The van der Waals surface area contributed by atoms with Crippen molar-refractivity contribution in [1.82, 2.24) is 14.3 Å². The Morgan fingerprint density at radius 3 is 2.44 bits per heavy atom. The zero-order valence-corrected chi connectivity index (χ0v) is 16.7. The highest BCUT2D eigenvalue weighted by Gasteiger charge is 2.29. The molecule has 0 N–H and O–H groups in total. The molecule has 1 aromatic carbocycles. The van der Waals surface area contributed by atoms with Crippen LogP contribution in [0.2, 0.25) is 0 Å². The smallest absolute Gasteiger partial charge is 0.243 e. The Labute approximate surface area is 161 Å². The predicted molar refractivity (Wildman–Crippen MR) is 105 cm³/mol. The predicted octanol–water partition coefficient (Wildman–Crippen LogP) is 2.47. The maximum Gasteiger partial charge on any atom is 0.243 e. The SMILES string of the molecule is CCCCOc1ccc(S(=O)(=O)N2CCN(c3ncncc3C)CC2)cc1. The molecule has 0 saturated carbocycles. The van der Waals surface area contributed by atoms with Crippen LogP contribution in [0.1, 0.15) is 25.3 Å². The summed E-state index contributed by atoms with van der Waals surface area (Å²) in [6.07, 6.45) is 5.34. The minimum atomic E-state index is -3.50. The Balaban J connectivity index is 1.64. The number of unbranched alkanes of at least 4 members (excludes halogenated alkanes) is 1. The molecule has 2 aromatic rings. The van der Waals surface area contributed by atoms with Crippen LogP contribution < -0.4 is 9.64 Å². The van der Waals surface area contributed by atoms with Crippen molar-refractivity contribution in [3.63, 3.8) is 0 Å². The summed E-state index contributed by atoms with van der Waals surface area (Å²) in [6, 6.07) is 6.70. The summed E-state index contributed by atoms with van der Waals surface area (Å²) in [4.78, 5) is 10.7. The minimum Gasteiger partial charge on any atom is -0.494 e. The largest absolute Gasteiger partial charge is 0.494 e. The van der Waals surface area contributed by atoms with Gasteiger partial charge in [-0.1, -0.05) is 13.3 Å². The van der Waals surface area contributed by atoms with Crippen molar-refractivity contribution in [1.29, 1.82) is 0 Å². The molecule has 3 rings (SSSR count). The van der Waals surface area contributed by atoms with Gasteiger partial charge in [-0.15, -0.1) is 0 Å². The van der Waals surface area contributed by atoms with E-state index in [1.165, 1.54) is 10.6 Å². The Bertz CT molecular complexity index is 848. The van der Waals surface area contributed by atoms with Gasteiger partial charge in [0.05, 0.1) is 11.5 Å². The molecule has 7 nitrogen and oxygen atoms in total. The van der Waals surface area contributed by atoms with Crippen molar-refractivity contribution < 1.29 is 13.2 Å². The molecule has 0 unspecified atom stereocenters. The van der Waals surface area contributed by atoms with Crippen LogP contribution in [0.15, 0.2) is 41.7 Å². The quantitative estimate of drug-likeness (QED) is 0.676. The maximum absolute atomic E-state index is 12.9. The normalized spacial score (nSPS) is 15.7. The van der Waals surface area contributed by atoms with Gasteiger partial charge in [0, 0.05) is 37.9 Å². The number of anilines is 1. The molecular weight excluding hydrogens is 364 g/mol. The number of aromatic nitrogens is 2. The van der Waals surface area contributed by atoms with Crippen LogP contribution in [0, 0.1) is 6.92 Å². The first-order valence-electron chi connectivity index (χ1n) is 9.27. The van der Waals surface area contributed by atoms with Gasteiger partial charge in [0.15, 0.2) is 0 Å². The number of ether oxygens (including phenoxy) is 1. The van der Waals surface area contributed by atoms with Crippen molar-refractivity contribution in [3.8, 4) is 5.75 Å². The zero-order chi connectivity index (χ0) is 19.3. The summed E-state index contributed by atoms with van der Waals surface area (Å²) >= 11 is 0. The lowest BCUT2D eigenvalue weighted by molar-refractivity contribution is 0.309. The summed E-state index contributed by atoms with van der Waals surface area (Å²) in [5, 5.41) is 0. The van der Waals surface area contributed by atoms with Gasteiger partial charge < -0.3 is 9.64 Å². The van der Waals surface area contributed by atoms with Gasteiger partial charge in [0.1, 0.15) is 17.9 Å². The summed E-state index contributed by atoms with van der Waals surface area (Å²) < 4.78 is 33.0. The van der Waals surface area contributed by atoms with Gasteiger partial charge in [0.25, 0.3) is 0 Å². The van der Waals surface area contributed by atoms with Gasteiger partial charge in [-0.05, 0) is 37.6 Å². The number of piperazine rings is 1. The van der Waals surface area contributed by atoms with E-state index in [9.17, 15) is 8.42 Å². The first-order valence-corrected chi connectivity index (χ1v) is 10.7. The summed E-state index contributed by atoms with van der Waals surface area (Å²) in [7, 11) is -3.50. The number of hydrogen-bond acceptors (Lipinski definition) is 6. The number of sulfonamides is 1. The molecule has 2 heterocycles. The minimum absolute atomic E-state index is 0.303. The number of nitrogens with zero attached hydrogens (tertiary/aromatic N) is 4. The summed E-state index contributed by atoms with van der Waals surface area (Å²) in [6.45, 7) is 6.78. The molecule has 146 valence electrons. The highest BCUT2D eigenvalue weighted by molar-refractivity contribution is 7.89. The number of hydrogen-bond donors (Lipinski definition) is 0. The van der Waals surface area contributed by atoms with E-state index in [4.69, 9.17) is 4.74 Å². The van der Waals surface area contributed by atoms with E-state index in [0.717, 1.165) is 24.2 Å². The fourth-order valence-electron chi connectivity index (χ4n) is 3.06. The van der Waals surface area contributed by atoms with Crippen molar-refractivity contribution in [2.24, 2.45) is 0 Å². The standard InChI is InChI=1S/C19H26N4O3S/c1-3-4-13-26-17-5-7-18(8-6-17)27(24,25)23-11-9-22(10-12-23)19-16(2)14-20-15-21-19/h5-8,14-15H,3-4,9-13H2,1-2H3. The second-order valence-corrected chi connectivity index (χ2v) is 8.53. The fraction of sp³-hybridized carbons (Fsp3) is 0.474. The van der Waals surface area contributed by atoms with Gasteiger partial charge in [-0.2, -0.15) is 4.31 Å². The van der Waals surface area contributed by atoms with Crippen LogP contribution in [0.3, 0.4) is 0 Å². The van der Waals surface area contributed by atoms with Gasteiger partial charge >= 0.3 is 0 Å². The lowest BCUT2D eigenvalue weighted by Crippen LogP contribution is -2.49. The van der Waals surface area contributed by atoms with Crippen molar-refractivity contribution >= 4 is 15.8 Å². The average molecular weight is 391 g/mol. The molecule has 0 radical (unpaired) electrons. The highest BCUT2D eigenvalue weighted by Crippen LogP contribution is 2.23. The first-order chi connectivity index (χ1) is 13.0. The van der Waals surface area contributed by atoms with E-state index in [2.05, 4.69) is 21.8 Å². The van der Waals surface area contributed by atoms with Gasteiger partial charge in [-0.25, -0.2) is 18.4 Å². The molecule has 1 fully saturated rings. The second-order valence-electron chi connectivity index (χ2n) is 6.59. The van der Waals surface area contributed by atoms with Crippen LogP contribution in [0.4, 0.5) is 5.82 Å². The number of benzene rings is 1. The van der Waals surface area contributed by atoms with Crippen LogP contribution in [0.5, 0.6) is 5.75 Å². The van der Waals surface area contributed by atoms with Crippen LogP contribution in [-0.2, 0) is 10.0 Å². The van der Waals surface area contributed by atoms with E-state index >= 15 is 0 Å². The Kier molecular flexibility index (Phi) is 6.28. The lowest BCUT2D eigenvalue weighted by atomic mass is 10.3. The Morgan fingerprint density at radius 2 is 1.81 bits per heavy atom. The van der Waals surface area contributed by atoms with Crippen molar-refractivity contribution in [3.05, 3.63) is 42.4 Å². The molecule has 1 aliphatic heterocycles. The molecule has 0 bridgehead atoms. The molecule has 1 aliphatic rings.